The zero-order valence-electron chi connectivity index (χ0n) is 11.3. The Morgan fingerprint density at radius 3 is 2.94 bits per heavy atom. The molecule has 3 atom stereocenters. The highest BCUT2D eigenvalue weighted by molar-refractivity contribution is 5.76. The molecule has 1 aliphatic carbocycles. The lowest BCUT2D eigenvalue weighted by atomic mass is 9.71. The Bertz CT molecular complexity index is 305. The second kappa shape index (κ2) is 5.57. The number of hydrogen-bond donors (Lipinski definition) is 2. The van der Waals surface area contributed by atoms with E-state index in [1.807, 2.05) is 4.90 Å². The molecule has 0 aromatic heterocycles. The third kappa shape index (κ3) is 3.04. The van der Waals surface area contributed by atoms with Gasteiger partial charge in [-0.05, 0) is 32.6 Å². The van der Waals surface area contributed by atoms with Crippen molar-refractivity contribution in [2.24, 2.45) is 5.92 Å². The van der Waals surface area contributed by atoms with Crippen molar-refractivity contribution < 1.29 is 15.0 Å². The summed E-state index contributed by atoms with van der Waals surface area (Å²) in [6, 6.07) is 0. The van der Waals surface area contributed by atoms with Crippen LogP contribution in [0.25, 0.3) is 0 Å². The van der Waals surface area contributed by atoms with Crippen LogP contribution in [-0.4, -0.2) is 45.8 Å². The monoisotopic (exact) mass is 255 g/mol. The summed E-state index contributed by atoms with van der Waals surface area (Å²) in [5.74, 6) is 0.388. The average molecular weight is 255 g/mol. The van der Waals surface area contributed by atoms with Crippen molar-refractivity contribution in [2.45, 2.75) is 63.6 Å². The van der Waals surface area contributed by atoms with Crippen LogP contribution in [-0.2, 0) is 4.79 Å². The van der Waals surface area contributed by atoms with E-state index in [1.54, 1.807) is 6.92 Å². The molecule has 2 rings (SSSR count). The van der Waals surface area contributed by atoms with Gasteiger partial charge in [-0.2, -0.15) is 0 Å². The maximum absolute atomic E-state index is 12.0. The van der Waals surface area contributed by atoms with Crippen LogP contribution in [0, 0.1) is 5.92 Å². The number of nitrogens with zero attached hydrogens (tertiary/aromatic N) is 1. The fraction of sp³-hybridized carbons (Fsp3) is 0.929. The van der Waals surface area contributed by atoms with E-state index in [4.69, 9.17) is 0 Å². The van der Waals surface area contributed by atoms with Gasteiger partial charge < -0.3 is 15.1 Å². The van der Waals surface area contributed by atoms with Crippen molar-refractivity contribution in [2.75, 3.05) is 13.1 Å². The Morgan fingerprint density at radius 2 is 2.22 bits per heavy atom. The molecule has 2 fully saturated rings. The molecule has 104 valence electrons. The van der Waals surface area contributed by atoms with Gasteiger partial charge in [-0.25, -0.2) is 0 Å². The maximum atomic E-state index is 12.0. The second-order valence-electron chi connectivity index (χ2n) is 6.02. The molecule has 0 aromatic rings. The van der Waals surface area contributed by atoms with Crippen LogP contribution in [0.4, 0.5) is 0 Å². The van der Waals surface area contributed by atoms with Gasteiger partial charge in [0.05, 0.1) is 11.7 Å². The highest BCUT2D eigenvalue weighted by Crippen LogP contribution is 2.39. The highest BCUT2D eigenvalue weighted by Gasteiger charge is 2.43. The van der Waals surface area contributed by atoms with Crippen LogP contribution in [0.2, 0.25) is 0 Å². The van der Waals surface area contributed by atoms with Gasteiger partial charge in [-0.15, -0.1) is 0 Å². The van der Waals surface area contributed by atoms with E-state index >= 15 is 0 Å². The van der Waals surface area contributed by atoms with E-state index in [9.17, 15) is 15.0 Å². The van der Waals surface area contributed by atoms with Crippen LogP contribution >= 0.6 is 0 Å². The van der Waals surface area contributed by atoms with E-state index in [2.05, 4.69) is 0 Å². The fourth-order valence-corrected chi connectivity index (χ4v) is 3.29. The Kier molecular flexibility index (Phi) is 4.28. The van der Waals surface area contributed by atoms with Crippen LogP contribution < -0.4 is 0 Å². The molecule has 0 bridgehead atoms. The molecule has 1 saturated carbocycles. The lowest BCUT2D eigenvalue weighted by Gasteiger charge is -2.47. The van der Waals surface area contributed by atoms with Gasteiger partial charge in [0.1, 0.15) is 0 Å². The topological polar surface area (TPSA) is 60.8 Å². The largest absolute Gasteiger partial charge is 0.393 e. The lowest BCUT2D eigenvalue weighted by molar-refractivity contribution is -0.143. The minimum Gasteiger partial charge on any atom is -0.393 e. The first-order valence-corrected chi connectivity index (χ1v) is 7.19. The van der Waals surface area contributed by atoms with E-state index < -0.39 is 11.7 Å². The molecule has 1 saturated heterocycles. The summed E-state index contributed by atoms with van der Waals surface area (Å²) < 4.78 is 0. The van der Waals surface area contributed by atoms with E-state index in [0.717, 1.165) is 25.7 Å². The molecule has 0 radical (unpaired) electrons. The number of likely N-dealkylation sites (tertiary alicyclic amines) is 1. The zero-order valence-corrected chi connectivity index (χ0v) is 11.3. The zero-order chi connectivity index (χ0) is 13.2. The summed E-state index contributed by atoms with van der Waals surface area (Å²) in [5, 5.41) is 19.7. The molecule has 0 spiro atoms. The molecule has 4 nitrogen and oxygen atoms in total. The molecule has 2 aliphatic rings. The first-order chi connectivity index (χ1) is 8.51. The third-order valence-corrected chi connectivity index (χ3v) is 4.56. The normalized spacial score (nSPS) is 33.9. The minimum atomic E-state index is -0.515. The summed E-state index contributed by atoms with van der Waals surface area (Å²) in [5.41, 5.74) is -0.515. The predicted octanol–water partition coefficient (Wildman–Crippen LogP) is 1.30. The van der Waals surface area contributed by atoms with Crippen molar-refractivity contribution in [3.63, 3.8) is 0 Å². The quantitative estimate of drug-likeness (QED) is 0.799. The molecule has 18 heavy (non-hydrogen) atoms. The first-order valence-electron chi connectivity index (χ1n) is 7.19. The molecular formula is C14H25NO3. The molecule has 0 aromatic carbocycles. The third-order valence-electron chi connectivity index (χ3n) is 4.56. The number of hydrogen-bond acceptors (Lipinski definition) is 3. The number of carbonyl (C=O) groups excluding carboxylic acids is 1. The summed E-state index contributed by atoms with van der Waals surface area (Å²) in [7, 11) is 0. The summed E-state index contributed by atoms with van der Waals surface area (Å²) >= 11 is 0. The van der Waals surface area contributed by atoms with Crippen LogP contribution in [0.3, 0.4) is 0 Å². The number of piperidine rings is 1. The summed E-state index contributed by atoms with van der Waals surface area (Å²) in [4.78, 5) is 13.9. The first kappa shape index (κ1) is 13.8. The van der Waals surface area contributed by atoms with Crippen LogP contribution in [0.5, 0.6) is 0 Å². The number of carbonyl (C=O) groups is 1. The Morgan fingerprint density at radius 1 is 1.44 bits per heavy atom. The SMILES string of the molecule is CC(O)CCC(=O)N1CCC2(O)CCCCC2C1. The lowest BCUT2D eigenvalue weighted by Crippen LogP contribution is -2.54. The van der Waals surface area contributed by atoms with E-state index in [-0.39, 0.29) is 11.8 Å². The minimum absolute atomic E-state index is 0.128. The van der Waals surface area contributed by atoms with Crippen molar-refractivity contribution >= 4 is 5.91 Å². The van der Waals surface area contributed by atoms with Gasteiger partial charge in [-0.1, -0.05) is 12.8 Å². The average Bonchev–Trinajstić information content (AvgIpc) is 2.34. The van der Waals surface area contributed by atoms with Gasteiger partial charge in [0, 0.05) is 25.4 Å². The number of amides is 1. The molecule has 1 heterocycles. The molecular weight excluding hydrogens is 230 g/mol. The number of aliphatic hydroxyl groups is 2. The van der Waals surface area contributed by atoms with E-state index in [1.165, 1.54) is 6.42 Å². The van der Waals surface area contributed by atoms with E-state index in [0.29, 0.717) is 25.9 Å². The second-order valence-corrected chi connectivity index (χ2v) is 6.02. The number of aliphatic hydroxyl groups excluding tert-OH is 1. The van der Waals surface area contributed by atoms with Gasteiger partial charge in [0.15, 0.2) is 0 Å². The highest BCUT2D eigenvalue weighted by atomic mass is 16.3. The van der Waals surface area contributed by atoms with Gasteiger partial charge >= 0.3 is 0 Å². The van der Waals surface area contributed by atoms with Crippen molar-refractivity contribution in [1.29, 1.82) is 0 Å². The Balaban J connectivity index is 1.88. The fourth-order valence-electron chi connectivity index (χ4n) is 3.29. The van der Waals surface area contributed by atoms with Gasteiger partial charge in [0.2, 0.25) is 5.91 Å². The van der Waals surface area contributed by atoms with Crippen molar-refractivity contribution in [1.82, 2.24) is 4.90 Å². The Hall–Kier alpha value is -0.610. The molecule has 1 amide bonds. The smallest absolute Gasteiger partial charge is 0.222 e. The molecule has 2 N–H and O–H groups in total. The number of rotatable bonds is 3. The summed E-state index contributed by atoms with van der Waals surface area (Å²) in [6.07, 6.45) is 5.48. The van der Waals surface area contributed by atoms with Crippen LogP contribution in [0.1, 0.15) is 51.9 Å². The number of fused-ring (bicyclic) bond motifs is 1. The van der Waals surface area contributed by atoms with Crippen LogP contribution in [0.15, 0.2) is 0 Å². The van der Waals surface area contributed by atoms with Gasteiger partial charge in [-0.3, -0.25) is 4.79 Å². The predicted molar refractivity (Wildman–Crippen MR) is 69.0 cm³/mol. The molecule has 1 aliphatic heterocycles. The summed E-state index contributed by atoms with van der Waals surface area (Å²) in [6.45, 7) is 3.09. The standard InChI is InChI=1S/C14H25NO3/c1-11(16)5-6-13(17)15-9-8-14(18)7-3-2-4-12(14)10-15/h11-12,16,18H,2-10H2,1H3. The van der Waals surface area contributed by atoms with Gasteiger partial charge in [0.25, 0.3) is 0 Å². The van der Waals surface area contributed by atoms with Crippen molar-refractivity contribution in [3.05, 3.63) is 0 Å². The maximum Gasteiger partial charge on any atom is 0.222 e. The van der Waals surface area contributed by atoms with Crippen molar-refractivity contribution in [3.8, 4) is 0 Å². The molecule has 3 unspecified atom stereocenters. The Labute approximate surface area is 109 Å². The molecule has 4 heteroatoms.